The van der Waals surface area contributed by atoms with Crippen LogP contribution in [0.15, 0.2) is 72.4 Å². The van der Waals surface area contributed by atoms with Gasteiger partial charge in [-0.15, -0.1) is 0 Å². The van der Waals surface area contributed by atoms with Crippen LogP contribution in [0.4, 0.5) is 23.0 Å². The highest BCUT2D eigenvalue weighted by Crippen LogP contribution is 2.27. The first kappa shape index (κ1) is 26.9. The standard InChI is InChI=1S/C28H30N8O4/c1-2-25(39)31-20-4-3-5-22(15-20)36-18-30-27(40)23-16-29-28(33-26(23)36)32-24-7-6-21(14-19(24)17-38)35-10-8-34(9-11-35)12-13-37/h2-7,14-16,18,37-38H,1,8-13,17H2,(H,31,39)(H,29,32,33). The van der Waals surface area contributed by atoms with E-state index in [1.54, 1.807) is 28.8 Å². The van der Waals surface area contributed by atoms with E-state index < -0.39 is 5.56 Å². The number of β-amino-alcohol motifs (C(OH)–C–C–N with tert-alkyl or cyclic N) is 1. The van der Waals surface area contributed by atoms with Crippen LogP contribution >= 0.6 is 0 Å². The van der Waals surface area contributed by atoms with Crippen molar-refractivity contribution in [3.63, 3.8) is 0 Å². The summed E-state index contributed by atoms with van der Waals surface area (Å²) in [5.41, 5.74) is 3.35. The first-order chi connectivity index (χ1) is 19.5. The lowest BCUT2D eigenvalue weighted by atomic mass is 10.1. The number of amides is 1. The van der Waals surface area contributed by atoms with Gasteiger partial charge in [0.2, 0.25) is 11.9 Å². The van der Waals surface area contributed by atoms with Gasteiger partial charge in [-0.2, -0.15) is 9.97 Å². The number of nitrogens with zero attached hydrogens (tertiary/aromatic N) is 6. The highest BCUT2D eigenvalue weighted by molar-refractivity contribution is 5.99. The van der Waals surface area contributed by atoms with Crippen molar-refractivity contribution in [3.05, 3.63) is 83.6 Å². The Hall–Kier alpha value is -4.65. The van der Waals surface area contributed by atoms with E-state index in [0.717, 1.165) is 31.9 Å². The van der Waals surface area contributed by atoms with E-state index in [4.69, 9.17) is 0 Å². The minimum absolute atomic E-state index is 0.152. The summed E-state index contributed by atoms with van der Waals surface area (Å²) in [4.78, 5) is 41.6. The normalized spacial score (nSPS) is 13.8. The number of hydrogen-bond donors (Lipinski definition) is 4. The highest BCUT2D eigenvalue weighted by atomic mass is 16.3. The van der Waals surface area contributed by atoms with Crippen LogP contribution in [0.1, 0.15) is 5.56 Å². The lowest BCUT2D eigenvalue weighted by Crippen LogP contribution is -2.47. The molecule has 12 nitrogen and oxygen atoms in total. The quantitative estimate of drug-likeness (QED) is 0.230. The SMILES string of the molecule is C=CC(=O)Nc1cccc(-n2cnc(=O)c3cnc(Nc4ccc(N5CCN(CCO)CC5)cc4CO)nc32)c1. The maximum atomic E-state index is 12.5. The maximum Gasteiger partial charge on any atom is 0.283 e. The molecule has 4 aromatic rings. The smallest absolute Gasteiger partial charge is 0.283 e. The summed E-state index contributed by atoms with van der Waals surface area (Å²) in [5, 5.41) is 25.4. The fraction of sp³-hybridized carbons (Fsp3) is 0.250. The molecule has 2 aromatic heterocycles. The number of rotatable bonds is 9. The number of benzene rings is 2. The Morgan fingerprint density at radius 2 is 1.88 bits per heavy atom. The molecule has 0 atom stereocenters. The zero-order valence-electron chi connectivity index (χ0n) is 21.8. The molecule has 0 bridgehead atoms. The second kappa shape index (κ2) is 12.0. The monoisotopic (exact) mass is 542 g/mol. The summed E-state index contributed by atoms with van der Waals surface area (Å²) < 4.78 is 1.64. The van der Waals surface area contributed by atoms with Gasteiger partial charge in [-0.1, -0.05) is 12.6 Å². The third kappa shape index (κ3) is 5.83. The first-order valence-electron chi connectivity index (χ1n) is 12.9. The fourth-order valence-electron chi connectivity index (χ4n) is 4.64. The number of carbonyl (C=O) groups is 1. The third-order valence-electron chi connectivity index (χ3n) is 6.75. The highest BCUT2D eigenvalue weighted by Gasteiger charge is 2.18. The minimum atomic E-state index is -0.464. The zero-order chi connectivity index (χ0) is 28.1. The molecule has 3 heterocycles. The van der Waals surface area contributed by atoms with Crippen molar-refractivity contribution in [2.45, 2.75) is 6.61 Å². The topological polar surface area (TPSA) is 149 Å². The van der Waals surface area contributed by atoms with Crippen LogP contribution in [-0.4, -0.2) is 79.9 Å². The number of aliphatic hydroxyl groups is 2. The van der Waals surface area contributed by atoms with E-state index in [-0.39, 0.29) is 30.5 Å². The molecule has 0 saturated carbocycles. The van der Waals surface area contributed by atoms with E-state index in [2.05, 4.69) is 42.0 Å². The second-order valence-electron chi connectivity index (χ2n) is 9.27. The van der Waals surface area contributed by atoms with Crippen LogP contribution < -0.4 is 21.1 Å². The van der Waals surface area contributed by atoms with Gasteiger partial charge >= 0.3 is 0 Å². The fourth-order valence-corrected chi connectivity index (χ4v) is 4.64. The third-order valence-corrected chi connectivity index (χ3v) is 6.75. The molecule has 12 heteroatoms. The lowest BCUT2D eigenvalue weighted by Gasteiger charge is -2.36. The van der Waals surface area contributed by atoms with E-state index >= 15 is 0 Å². The Balaban J connectivity index is 1.43. The summed E-state index contributed by atoms with van der Waals surface area (Å²) in [6.07, 6.45) is 3.98. The summed E-state index contributed by atoms with van der Waals surface area (Å²) >= 11 is 0. The Morgan fingerprint density at radius 3 is 2.62 bits per heavy atom. The number of carbonyl (C=O) groups excluding carboxylic acids is 1. The summed E-state index contributed by atoms with van der Waals surface area (Å²) in [5.74, 6) is -0.105. The number of fused-ring (bicyclic) bond motifs is 1. The summed E-state index contributed by atoms with van der Waals surface area (Å²) in [7, 11) is 0. The molecule has 40 heavy (non-hydrogen) atoms. The number of piperazine rings is 1. The molecule has 1 aliphatic rings. The molecular weight excluding hydrogens is 512 g/mol. The number of anilines is 4. The van der Waals surface area contributed by atoms with E-state index in [1.165, 1.54) is 18.6 Å². The molecule has 1 amide bonds. The molecule has 206 valence electrons. The summed E-state index contributed by atoms with van der Waals surface area (Å²) in [6, 6.07) is 12.8. The van der Waals surface area contributed by atoms with Crippen molar-refractivity contribution in [1.82, 2.24) is 24.4 Å². The average molecular weight is 543 g/mol. The first-order valence-corrected chi connectivity index (χ1v) is 12.9. The van der Waals surface area contributed by atoms with Crippen molar-refractivity contribution in [2.24, 2.45) is 0 Å². The molecule has 1 fully saturated rings. The number of aromatic nitrogens is 4. The molecule has 2 aromatic carbocycles. The largest absolute Gasteiger partial charge is 0.395 e. The molecule has 4 N–H and O–H groups in total. The number of aliphatic hydroxyl groups excluding tert-OH is 2. The van der Waals surface area contributed by atoms with Crippen LogP contribution in [0.3, 0.4) is 0 Å². The van der Waals surface area contributed by atoms with Crippen molar-refractivity contribution < 1.29 is 15.0 Å². The van der Waals surface area contributed by atoms with Crippen LogP contribution in [0, 0.1) is 0 Å². The van der Waals surface area contributed by atoms with Crippen LogP contribution in [0.25, 0.3) is 16.7 Å². The molecule has 1 saturated heterocycles. The molecule has 0 unspecified atom stereocenters. The van der Waals surface area contributed by atoms with Gasteiger partial charge in [-0.25, -0.2) is 4.98 Å². The predicted molar refractivity (Wildman–Crippen MR) is 153 cm³/mol. The van der Waals surface area contributed by atoms with Crippen molar-refractivity contribution in [1.29, 1.82) is 0 Å². The molecular formula is C28H30N8O4. The second-order valence-corrected chi connectivity index (χ2v) is 9.27. The molecule has 1 aliphatic heterocycles. The van der Waals surface area contributed by atoms with Gasteiger partial charge in [-0.3, -0.25) is 19.1 Å². The van der Waals surface area contributed by atoms with Crippen molar-refractivity contribution in [2.75, 3.05) is 54.9 Å². The van der Waals surface area contributed by atoms with Crippen LogP contribution in [-0.2, 0) is 11.4 Å². The number of nitrogens with one attached hydrogen (secondary N) is 2. The maximum absolute atomic E-state index is 12.5. The van der Waals surface area contributed by atoms with Gasteiger partial charge in [0.05, 0.1) is 18.9 Å². The molecule has 0 radical (unpaired) electrons. The molecule has 5 rings (SSSR count). The Labute approximate surface area is 230 Å². The average Bonchev–Trinajstić information content (AvgIpc) is 2.98. The van der Waals surface area contributed by atoms with Gasteiger partial charge in [0.1, 0.15) is 11.7 Å². The lowest BCUT2D eigenvalue weighted by molar-refractivity contribution is -0.111. The van der Waals surface area contributed by atoms with E-state index in [9.17, 15) is 19.8 Å². The Morgan fingerprint density at radius 1 is 1.05 bits per heavy atom. The predicted octanol–water partition coefficient (Wildman–Crippen LogP) is 1.65. The molecule has 0 spiro atoms. The van der Waals surface area contributed by atoms with Crippen LogP contribution in [0.5, 0.6) is 0 Å². The van der Waals surface area contributed by atoms with E-state index in [1.807, 2.05) is 18.2 Å². The van der Waals surface area contributed by atoms with Gasteiger partial charge in [-0.05, 0) is 42.5 Å². The van der Waals surface area contributed by atoms with Crippen molar-refractivity contribution in [3.8, 4) is 5.69 Å². The minimum Gasteiger partial charge on any atom is -0.395 e. The Kier molecular flexibility index (Phi) is 8.10. The zero-order valence-corrected chi connectivity index (χ0v) is 21.8. The van der Waals surface area contributed by atoms with Gasteiger partial charge < -0.3 is 25.7 Å². The van der Waals surface area contributed by atoms with Gasteiger partial charge in [0.15, 0.2) is 5.65 Å². The van der Waals surface area contributed by atoms with Crippen LogP contribution in [0.2, 0.25) is 0 Å². The molecule has 0 aliphatic carbocycles. The summed E-state index contributed by atoms with van der Waals surface area (Å²) in [6.45, 7) is 7.48. The number of hydrogen-bond acceptors (Lipinski definition) is 10. The van der Waals surface area contributed by atoms with Gasteiger partial charge in [0.25, 0.3) is 5.56 Å². The Bertz CT molecular complexity index is 1600. The van der Waals surface area contributed by atoms with Gasteiger partial charge in [0, 0.05) is 61.5 Å². The van der Waals surface area contributed by atoms with E-state index in [0.29, 0.717) is 34.8 Å². The van der Waals surface area contributed by atoms with Crippen molar-refractivity contribution >= 4 is 40.0 Å².